The third-order valence-corrected chi connectivity index (χ3v) is 5.25. The van der Waals surface area contributed by atoms with Crippen LogP contribution < -0.4 is 10.2 Å². The van der Waals surface area contributed by atoms with Crippen molar-refractivity contribution in [2.45, 2.75) is 13.5 Å². The normalized spacial score (nSPS) is 10.9. The van der Waals surface area contributed by atoms with Gasteiger partial charge >= 0.3 is 0 Å². The minimum absolute atomic E-state index is 0.264. The van der Waals surface area contributed by atoms with Crippen molar-refractivity contribution in [2.24, 2.45) is 5.10 Å². The summed E-state index contributed by atoms with van der Waals surface area (Å²) in [5.74, 6) is 0.400. The summed E-state index contributed by atoms with van der Waals surface area (Å²) in [5, 5.41) is 5.15. The van der Waals surface area contributed by atoms with Gasteiger partial charge in [0.2, 0.25) is 0 Å². The molecule has 1 amide bonds. The van der Waals surface area contributed by atoms with E-state index in [2.05, 4.69) is 26.5 Å². The van der Waals surface area contributed by atoms with Gasteiger partial charge in [-0.1, -0.05) is 47.0 Å². The van der Waals surface area contributed by atoms with Crippen molar-refractivity contribution in [3.8, 4) is 5.75 Å². The Bertz CT molecular complexity index is 1050. The van der Waals surface area contributed by atoms with E-state index < -0.39 is 0 Å². The molecule has 4 nitrogen and oxygen atoms in total. The summed E-state index contributed by atoms with van der Waals surface area (Å²) in [7, 11) is 0. The predicted molar refractivity (Wildman–Crippen MR) is 121 cm³/mol. The Morgan fingerprint density at radius 3 is 2.55 bits per heavy atom. The number of hydrazone groups is 1. The molecule has 0 saturated carbocycles. The molecule has 3 aromatic rings. The highest BCUT2D eigenvalue weighted by molar-refractivity contribution is 9.10. The highest BCUT2D eigenvalue weighted by Crippen LogP contribution is 2.28. The Labute approximate surface area is 187 Å². The van der Waals surface area contributed by atoms with Crippen molar-refractivity contribution in [1.82, 2.24) is 5.43 Å². The number of carbonyl (C=O) groups excluding carboxylic acids is 1. The number of hydrogen-bond donors (Lipinski definition) is 1. The van der Waals surface area contributed by atoms with Crippen LogP contribution >= 0.6 is 39.1 Å². The molecular formula is C22H17BrCl2N2O2. The van der Waals surface area contributed by atoms with Gasteiger partial charge in [-0.05, 0) is 70.9 Å². The molecular weight excluding hydrogens is 475 g/mol. The first-order valence-corrected chi connectivity index (χ1v) is 10.2. The van der Waals surface area contributed by atoms with E-state index in [0.29, 0.717) is 28.0 Å². The maximum atomic E-state index is 12.1. The van der Waals surface area contributed by atoms with Gasteiger partial charge in [0, 0.05) is 21.2 Å². The minimum atomic E-state index is -0.264. The van der Waals surface area contributed by atoms with E-state index in [-0.39, 0.29) is 5.91 Å². The molecule has 0 atom stereocenters. The largest absolute Gasteiger partial charge is 0.488 e. The first-order chi connectivity index (χ1) is 13.9. The minimum Gasteiger partial charge on any atom is -0.488 e. The Balaban J connectivity index is 1.59. The SMILES string of the molecule is Cc1ccc(C(=O)N/N=C\c2ccc(OCc3ccc(Cl)cc3Cl)c(Br)c2)cc1. The van der Waals surface area contributed by atoms with Gasteiger partial charge in [-0.15, -0.1) is 0 Å². The van der Waals surface area contributed by atoms with Crippen molar-refractivity contribution in [3.05, 3.63) is 97.4 Å². The lowest BCUT2D eigenvalue weighted by Crippen LogP contribution is -2.17. The summed E-state index contributed by atoms with van der Waals surface area (Å²) in [5.41, 5.74) is 5.81. The Hall–Kier alpha value is -2.34. The van der Waals surface area contributed by atoms with Crippen molar-refractivity contribution < 1.29 is 9.53 Å². The van der Waals surface area contributed by atoms with E-state index in [1.165, 1.54) is 0 Å². The molecule has 0 radical (unpaired) electrons. The molecule has 3 rings (SSSR count). The fourth-order valence-corrected chi connectivity index (χ4v) is 3.42. The van der Waals surface area contributed by atoms with E-state index in [0.717, 1.165) is 21.2 Å². The zero-order valence-electron chi connectivity index (χ0n) is 15.5. The molecule has 0 aliphatic rings. The van der Waals surface area contributed by atoms with Crippen LogP contribution in [0, 0.1) is 6.92 Å². The summed E-state index contributed by atoms with van der Waals surface area (Å²) in [6, 6.07) is 18.1. The van der Waals surface area contributed by atoms with Crippen LogP contribution in [0.1, 0.15) is 27.0 Å². The van der Waals surface area contributed by atoms with E-state index in [9.17, 15) is 4.79 Å². The van der Waals surface area contributed by atoms with Crippen LogP contribution in [0.25, 0.3) is 0 Å². The van der Waals surface area contributed by atoms with Crippen molar-refractivity contribution in [1.29, 1.82) is 0 Å². The van der Waals surface area contributed by atoms with Crippen LogP contribution in [0.3, 0.4) is 0 Å². The molecule has 0 unspecified atom stereocenters. The number of amides is 1. The summed E-state index contributed by atoms with van der Waals surface area (Å²) in [4.78, 5) is 12.1. The van der Waals surface area contributed by atoms with Gasteiger partial charge in [0.05, 0.1) is 10.7 Å². The summed E-state index contributed by atoms with van der Waals surface area (Å²) < 4.78 is 6.58. The number of carbonyl (C=O) groups is 1. The first kappa shape index (κ1) is 21.4. The fraction of sp³-hybridized carbons (Fsp3) is 0.0909. The van der Waals surface area contributed by atoms with Crippen LogP contribution in [0.2, 0.25) is 10.0 Å². The molecule has 0 spiro atoms. The van der Waals surface area contributed by atoms with Crippen molar-refractivity contribution in [2.75, 3.05) is 0 Å². The number of nitrogens with one attached hydrogen (secondary N) is 1. The van der Waals surface area contributed by atoms with E-state index >= 15 is 0 Å². The lowest BCUT2D eigenvalue weighted by Gasteiger charge is -2.10. The maximum absolute atomic E-state index is 12.1. The van der Waals surface area contributed by atoms with E-state index in [4.69, 9.17) is 27.9 Å². The number of aryl methyl sites for hydroxylation is 1. The fourth-order valence-electron chi connectivity index (χ4n) is 2.44. The number of rotatable bonds is 6. The molecule has 7 heteroatoms. The second-order valence-electron chi connectivity index (χ2n) is 6.28. The average Bonchev–Trinajstić information content (AvgIpc) is 2.69. The average molecular weight is 492 g/mol. The standard InChI is InChI=1S/C22H17BrCl2N2O2/c1-14-2-5-16(6-3-14)22(28)27-26-12-15-4-9-21(19(23)10-15)29-13-17-7-8-18(24)11-20(17)25/h2-12H,13H2,1H3,(H,27,28)/b26-12-. The van der Waals surface area contributed by atoms with Gasteiger partial charge < -0.3 is 4.74 Å². The Morgan fingerprint density at radius 2 is 1.86 bits per heavy atom. The zero-order chi connectivity index (χ0) is 20.8. The van der Waals surface area contributed by atoms with Gasteiger partial charge in [-0.3, -0.25) is 4.79 Å². The zero-order valence-corrected chi connectivity index (χ0v) is 18.6. The smallest absolute Gasteiger partial charge is 0.271 e. The molecule has 0 fully saturated rings. The monoisotopic (exact) mass is 490 g/mol. The van der Waals surface area contributed by atoms with Gasteiger partial charge in [0.1, 0.15) is 12.4 Å². The lowest BCUT2D eigenvalue weighted by atomic mass is 10.1. The summed E-state index contributed by atoms with van der Waals surface area (Å²) in [6.07, 6.45) is 1.57. The number of hydrogen-bond acceptors (Lipinski definition) is 3. The summed E-state index contributed by atoms with van der Waals surface area (Å²) >= 11 is 15.6. The lowest BCUT2D eigenvalue weighted by molar-refractivity contribution is 0.0955. The van der Waals surface area contributed by atoms with Gasteiger partial charge in [0.25, 0.3) is 5.91 Å². The molecule has 0 saturated heterocycles. The molecule has 0 aliphatic carbocycles. The van der Waals surface area contributed by atoms with Crippen LogP contribution in [-0.4, -0.2) is 12.1 Å². The molecule has 0 aromatic heterocycles. The first-order valence-electron chi connectivity index (χ1n) is 8.69. The van der Waals surface area contributed by atoms with Gasteiger partial charge in [-0.25, -0.2) is 5.43 Å². The number of nitrogens with zero attached hydrogens (tertiary/aromatic N) is 1. The quantitative estimate of drug-likeness (QED) is 0.320. The maximum Gasteiger partial charge on any atom is 0.271 e. The molecule has 0 aliphatic heterocycles. The number of halogens is 3. The van der Waals surface area contributed by atoms with Crippen LogP contribution in [0.15, 0.2) is 70.2 Å². The third-order valence-electron chi connectivity index (χ3n) is 4.05. The van der Waals surface area contributed by atoms with Gasteiger partial charge in [-0.2, -0.15) is 5.10 Å². The number of ether oxygens (including phenoxy) is 1. The topological polar surface area (TPSA) is 50.7 Å². The van der Waals surface area contributed by atoms with Crippen LogP contribution in [0.5, 0.6) is 5.75 Å². The molecule has 29 heavy (non-hydrogen) atoms. The van der Waals surface area contributed by atoms with Crippen LogP contribution in [0.4, 0.5) is 0 Å². The number of benzene rings is 3. The Morgan fingerprint density at radius 1 is 1.10 bits per heavy atom. The molecule has 1 N–H and O–H groups in total. The highest BCUT2D eigenvalue weighted by atomic mass is 79.9. The van der Waals surface area contributed by atoms with E-state index in [1.54, 1.807) is 30.5 Å². The third kappa shape index (κ3) is 6.07. The van der Waals surface area contributed by atoms with Gasteiger partial charge in [0.15, 0.2) is 0 Å². The molecule has 0 heterocycles. The molecule has 3 aromatic carbocycles. The van der Waals surface area contributed by atoms with Crippen molar-refractivity contribution >= 4 is 51.3 Å². The second kappa shape index (κ2) is 9.92. The second-order valence-corrected chi connectivity index (χ2v) is 7.98. The highest BCUT2D eigenvalue weighted by Gasteiger charge is 2.06. The summed E-state index contributed by atoms with van der Waals surface area (Å²) in [6.45, 7) is 2.28. The molecule has 148 valence electrons. The predicted octanol–water partition coefficient (Wildman–Crippen LogP) is 6.41. The molecule has 0 bridgehead atoms. The Kier molecular flexibility index (Phi) is 7.31. The van der Waals surface area contributed by atoms with Crippen LogP contribution in [-0.2, 0) is 6.61 Å². The van der Waals surface area contributed by atoms with Crippen molar-refractivity contribution in [3.63, 3.8) is 0 Å². The van der Waals surface area contributed by atoms with E-state index in [1.807, 2.05) is 43.3 Å².